The second kappa shape index (κ2) is 10.7. The lowest BCUT2D eigenvalue weighted by atomic mass is 10.1. The Morgan fingerprint density at radius 3 is 2.48 bits per heavy atom. The normalized spacial score (nSPS) is 12.4. The van der Waals surface area contributed by atoms with Gasteiger partial charge < -0.3 is 15.2 Å². The van der Waals surface area contributed by atoms with Gasteiger partial charge in [0.2, 0.25) is 0 Å². The zero-order valence-electron chi connectivity index (χ0n) is 17.4. The quantitative estimate of drug-likeness (QED) is 0.291. The van der Waals surface area contributed by atoms with E-state index in [0.29, 0.717) is 13.1 Å². The van der Waals surface area contributed by atoms with Crippen molar-refractivity contribution >= 4 is 41.3 Å². The molecule has 0 fully saturated rings. The SMILES string of the molecule is Cc1nc(CNC(=NCc2nnc(C)n2C)NC(C)c2ccccc2)sc1C.I. The third-order valence-electron chi connectivity index (χ3n) is 4.69. The minimum absolute atomic E-state index is 0. The first-order valence-electron chi connectivity index (χ1n) is 9.31. The monoisotopic (exact) mass is 525 g/mol. The van der Waals surface area contributed by atoms with Gasteiger partial charge in [0.25, 0.3) is 0 Å². The first-order chi connectivity index (χ1) is 13.4. The van der Waals surface area contributed by atoms with Crippen LogP contribution in [0.25, 0.3) is 0 Å². The first-order valence-corrected chi connectivity index (χ1v) is 10.1. The smallest absolute Gasteiger partial charge is 0.192 e. The predicted octanol–water partition coefficient (Wildman–Crippen LogP) is 3.81. The molecule has 0 saturated heterocycles. The van der Waals surface area contributed by atoms with Crippen molar-refractivity contribution in [1.82, 2.24) is 30.4 Å². The Hall–Kier alpha value is -2.01. The Bertz CT molecular complexity index is 930. The Kier molecular flexibility index (Phi) is 8.57. The lowest BCUT2D eigenvalue weighted by Gasteiger charge is -2.18. The van der Waals surface area contributed by atoms with Gasteiger partial charge in [0, 0.05) is 11.9 Å². The molecule has 0 radical (unpaired) electrons. The van der Waals surface area contributed by atoms with Crippen LogP contribution in [0.4, 0.5) is 0 Å². The highest BCUT2D eigenvalue weighted by Gasteiger charge is 2.11. The number of benzene rings is 1. The van der Waals surface area contributed by atoms with E-state index >= 15 is 0 Å². The van der Waals surface area contributed by atoms with E-state index in [-0.39, 0.29) is 30.0 Å². The molecule has 7 nitrogen and oxygen atoms in total. The molecular formula is C20H28IN7S. The number of halogens is 1. The molecular weight excluding hydrogens is 497 g/mol. The van der Waals surface area contributed by atoms with E-state index in [9.17, 15) is 0 Å². The van der Waals surface area contributed by atoms with Crippen LogP contribution in [0.15, 0.2) is 35.3 Å². The van der Waals surface area contributed by atoms with Crippen LogP contribution in [0.1, 0.15) is 45.8 Å². The molecule has 2 heterocycles. The van der Waals surface area contributed by atoms with Crippen molar-refractivity contribution in [2.75, 3.05) is 0 Å². The molecule has 1 atom stereocenters. The molecule has 0 aliphatic rings. The third-order valence-corrected chi connectivity index (χ3v) is 5.77. The summed E-state index contributed by atoms with van der Waals surface area (Å²) in [6, 6.07) is 10.4. The van der Waals surface area contributed by atoms with Crippen molar-refractivity contribution in [2.24, 2.45) is 12.0 Å². The lowest BCUT2D eigenvalue weighted by Crippen LogP contribution is -2.38. The van der Waals surface area contributed by atoms with Gasteiger partial charge >= 0.3 is 0 Å². The minimum Gasteiger partial charge on any atom is -0.350 e. The average Bonchev–Trinajstić information content (AvgIpc) is 3.19. The molecule has 156 valence electrons. The van der Waals surface area contributed by atoms with Crippen molar-refractivity contribution in [3.05, 3.63) is 63.1 Å². The second-order valence-electron chi connectivity index (χ2n) is 6.77. The number of guanidine groups is 1. The van der Waals surface area contributed by atoms with E-state index in [1.165, 1.54) is 10.4 Å². The van der Waals surface area contributed by atoms with Crippen LogP contribution in [0.2, 0.25) is 0 Å². The molecule has 0 aliphatic heterocycles. The Morgan fingerprint density at radius 2 is 1.90 bits per heavy atom. The molecule has 1 aromatic carbocycles. The van der Waals surface area contributed by atoms with Gasteiger partial charge in [-0.25, -0.2) is 9.98 Å². The summed E-state index contributed by atoms with van der Waals surface area (Å²) < 4.78 is 1.95. The van der Waals surface area contributed by atoms with Crippen LogP contribution in [0, 0.1) is 20.8 Å². The number of hydrogen-bond acceptors (Lipinski definition) is 5. The van der Waals surface area contributed by atoms with Crippen LogP contribution in [-0.2, 0) is 20.1 Å². The maximum atomic E-state index is 4.73. The zero-order chi connectivity index (χ0) is 20.1. The molecule has 0 bridgehead atoms. The van der Waals surface area contributed by atoms with Crippen molar-refractivity contribution in [1.29, 1.82) is 0 Å². The molecule has 0 saturated carbocycles. The number of aromatic nitrogens is 4. The van der Waals surface area contributed by atoms with Gasteiger partial charge in [-0.05, 0) is 33.3 Å². The highest BCUT2D eigenvalue weighted by molar-refractivity contribution is 14.0. The van der Waals surface area contributed by atoms with E-state index in [1.807, 2.05) is 43.7 Å². The number of hydrogen-bond donors (Lipinski definition) is 2. The number of nitrogens with zero attached hydrogens (tertiary/aromatic N) is 5. The highest BCUT2D eigenvalue weighted by Crippen LogP contribution is 2.16. The highest BCUT2D eigenvalue weighted by atomic mass is 127. The fraction of sp³-hybridized carbons (Fsp3) is 0.400. The van der Waals surface area contributed by atoms with Crippen LogP contribution in [0.5, 0.6) is 0 Å². The predicted molar refractivity (Wildman–Crippen MR) is 129 cm³/mol. The average molecular weight is 525 g/mol. The summed E-state index contributed by atoms with van der Waals surface area (Å²) in [4.78, 5) is 10.6. The number of rotatable bonds is 6. The molecule has 0 aliphatic carbocycles. The summed E-state index contributed by atoms with van der Waals surface area (Å²) >= 11 is 1.71. The van der Waals surface area contributed by atoms with Gasteiger partial charge in [0.15, 0.2) is 11.8 Å². The minimum atomic E-state index is 0. The molecule has 0 amide bonds. The van der Waals surface area contributed by atoms with Crippen molar-refractivity contribution in [3.63, 3.8) is 0 Å². The summed E-state index contributed by atoms with van der Waals surface area (Å²) in [5.74, 6) is 2.42. The Balaban J connectivity index is 0.00000300. The summed E-state index contributed by atoms with van der Waals surface area (Å²) in [6.45, 7) is 9.27. The van der Waals surface area contributed by atoms with E-state index in [4.69, 9.17) is 4.99 Å². The number of aryl methyl sites for hydroxylation is 3. The Morgan fingerprint density at radius 1 is 1.17 bits per heavy atom. The third kappa shape index (κ3) is 6.23. The van der Waals surface area contributed by atoms with Gasteiger partial charge in [-0.2, -0.15) is 0 Å². The molecule has 3 aromatic rings. The fourth-order valence-electron chi connectivity index (χ4n) is 2.70. The van der Waals surface area contributed by atoms with Gasteiger partial charge in [0.05, 0.1) is 18.3 Å². The largest absolute Gasteiger partial charge is 0.350 e. The summed E-state index contributed by atoms with van der Waals surface area (Å²) in [6.07, 6.45) is 0. The van der Waals surface area contributed by atoms with Gasteiger partial charge in [-0.15, -0.1) is 45.5 Å². The summed E-state index contributed by atoms with van der Waals surface area (Å²) in [5, 5.41) is 16.2. The van der Waals surface area contributed by atoms with Crippen molar-refractivity contribution in [3.8, 4) is 0 Å². The lowest BCUT2D eigenvalue weighted by molar-refractivity contribution is 0.675. The van der Waals surface area contributed by atoms with Crippen molar-refractivity contribution in [2.45, 2.75) is 46.8 Å². The van der Waals surface area contributed by atoms with Crippen LogP contribution in [-0.4, -0.2) is 25.7 Å². The molecule has 29 heavy (non-hydrogen) atoms. The molecule has 9 heteroatoms. The fourth-order valence-corrected chi connectivity index (χ4v) is 3.57. The van der Waals surface area contributed by atoms with E-state index in [1.54, 1.807) is 11.3 Å². The Labute approximate surface area is 193 Å². The topological polar surface area (TPSA) is 80.0 Å². The van der Waals surface area contributed by atoms with E-state index in [2.05, 4.69) is 51.8 Å². The number of aliphatic imine (C=N–C) groups is 1. The molecule has 3 rings (SSSR count). The van der Waals surface area contributed by atoms with Gasteiger partial charge in [-0.3, -0.25) is 0 Å². The van der Waals surface area contributed by atoms with Gasteiger partial charge in [0.1, 0.15) is 17.4 Å². The number of nitrogens with one attached hydrogen (secondary N) is 2. The number of thiazole rings is 1. The maximum absolute atomic E-state index is 4.73. The van der Waals surface area contributed by atoms with Gasteiger partial charge in [-0.1, -0.05) is 30.3 Å². The standard InChI is InChI=1S/C20H27N7S.HI/c1-13-15(3)28-19(23-13)12-22-20(21-11-18-26-25-16(4)27(18)5)24-14(2)17-9-7-6-8-10-17;/h6-10,14H,11-12H2,1-5H3,(H2,21,22,24);1H. The maximum Gasteiger partial charge on any atom is 0.192 e. The summed E-state index contributed by atoms with van der Waals surface area (Å²) in [7, 11) is 1.95. The van der Waals surface area contributed by atoms with Crippen LogP contribution < -0.4 is 10.6 Å². The molecule has 0 spiro atoms. The van der Waals surface area contributed by atoms with Crippen LogP contribution >= 0.6 is 35.3 Å². The molecule has 1 unspecified atom stereocenters. The zero-order valence-corrected chi connectivity index (χ0v) is 20.6. The van der Waals surface area contributed by atoms with E-state index in [0.717, 1.165) is 28.3 Å². The molecule has 2 aromatic heterocycles. The van der Waals surface area contributed by atoms with Crippen LogP contribution in [0.3, 0.4) is 0 Å². The first kappa shape index (κ1) is 23.3. The van der Waals surface area contributed by atoms with E-state index < -0.39 is 0 Å². The molecule has 2 N–H and O–H groups in total. The summed E-state index contributed by atoms with van der Waals surface area (Å²) in [5.41, 5.74) is 2.29. The van der Waals surface area contributed by atoms with Crippen molar-refractivity contribution < 1.29 is 0 Å². The second-order valence-corrected chi connectivity index (χ2v) is 8.05.